The van der Waals surface area contributed by atoms with Gasteiger partial charge >= 0.3 is 71.2 Å². The zero-order valence-corrected chi connectivity index (χ0v) is 36.1. The summed E-state index contributed by atoms with van der Waals surface area (Å²) in [6, 6.07) is -3.46. The summed E-state index contributed by atoms with van der Waals surface area (Å²) in [5, 5.41) is 0. The molecule has 8 amide bonds. The van der Waals surface area contributed by atoms with Crippen LogP contribution in [0.15, 0.2) is 59.3 Å². The van der Waals surface area contributed by atoms with Gasteiger partial charge in [0.05, 0.1) is 0 Å². The van der Waals surface area contributed by atoms with Gasteiger partial charge in [-0.1, -0.05) is 50.3 Å². The Balaban J connectivity index is 0.00000729. The van der Waals surface area contributed by atoms with Crippen molar-refractivity contribution in [2.24, 2.45) is 11.3 Å². The van der Waals surface area contributed by atoms with E-state index < -0.39 is 117 Å². The molecule has 2 heterocycles. The van der Waals surface area contributed by atoms with E-state index in [0.29, 0.717) is 12.0 Å². The Morgan fingerprint density at radius 1 is 0.593 bits per heavy atom. The molecule has 4 N–H and O–H groups in total. The van der Waals surface area contributed by atoms with Crippen LogP contribution in [0, 0.1) is 11.3 Å². The third-order valence-electron chi connectivity index (χ3n) is 7.08. The summed E-state index contributed by atoms with van der Waals surface area (Å²) in [5.41, 5.74) is -1.17. The molecular weight excluding hydrogens is 831 g/mol. The number of rotatable bonds is 12. The number of hydrogen-bond acceptors (Lipinski definition) is 14. The fourth-order valence-electron chi connectivity index (χ4n) is 5.29. The Bertz CT molecular complexity index is 2110. The molecule has 0 spiro atoms. The van der Waals surface area contributed by atoms with E-state index >= 15 is 0 Å². The molecule has 2 saturated heterocycles. The van der Waals surface area contributed by atoms with Gasteiger partial charge in [0.25, 0.3) is 52.3 Å². The van der Waals surface area contributed by atoms with Gasteiger partial charge < -0.3 is 0 Å². The normalized spacial score (nSPS) is 20.2. The van der Waals surface area contributed by atoms with Crippen LogP contribution in [0.1, 0.15) is 26.7 Å². The molecule has 2 aliphatic heterocycles. The zero-order valence-electron chi connectivity index (χ0n) is 28.8. The van der Waals surface area contributed by atoms with Gasteiger partial charge in [0.1, 0.15) is 11.5 Å². The maximum atomic E-state index is 13.3. The molecule has 0 aromatic carbocycles. The van der Waals surface area contributed by atoms with Crippen molar-refractivity contribution in [3.63, 3.8) is 0 Å². The van der Waals surface area contributed by atoms with Gasteiger partial charge in [0, 0.05) is 0 Å². The van der Waals surface area contributed by atoms with Gasteiger partial charge in [-0.25, -0.2) is 29.2 Å². The van der Waals surface area contributed by atoms with Gasteiger partial charge in [-0.05, 0) is 35.5 Å². The number of barbiturate groups is 2. The molecule has 3 rings (SSSR count). The van der Waals surface area contributed by atoms with Gasteiger partial charge in [-0.2, -0.15) is 33.7 Å². The molecule has 0 unspecified atom stereocenters. The first-order valence-corrected chi connectivity index (χ1v) is 20.5. The summed E-state index contributed by atoms with van der Waals surface area (Å²) >= 11 is 0. The van der Waals surface area contributed by atoms with Gasteiger partial charge in [-0.3, -0.25) is 37.4 Å². The van der Waals surface area contributed by atoms with Gasteiger partial charge in [0.2, 0.25) is 11.8 Å². The van der Waals surface area contributed by atoms with Crippen molar-refractivity contribution in [2.45, 2.75) is 26.7 Å². The molecule has 54 heavy (non-hydrogen) atoms. The molecule has 0 aromatic rings. The molecule has 0 atom stereocenters. The van der Waals surface area contributed by atoms with Crippen molar-refractivity contribution in [1.29, 1.82) is 0 Å². The minimum Gasteiger partial charge on any atom is -0.284 e. The molecule has 22 nitrogen and oxygen atoms in total. The summed E-state index contributed by atoms with van der Waals surface area (Å²) in [6.07, 6.45) is 8.86. The van der Waals surface area contributed by atoms with Crippen LogP contribution >= 0.6 is 0 Å². The van der Waals surface area contributed by atoms with Crippen LogP contribution in [0.25, 0.3) is 0 Å². The van der Waals surface area contributed by atoms with Crippen LogP contribution < -0.4 is 59.1 Å². The molecule has 286 valence electrons. The number of nitrogens with zero attached hydrogens (tertiary/aromatic N) is 4. The average molecular weight is 861 g/mol. The topological polar surface area (TPSA) is 333 Å². The van der Waals surface area contributed by atoms with Crippen LogP contribution in [-0.2, 0) is 59.7 Å². The standard InChI is InChI=1S/C26H30N4O18S4.2Na/c1-26(2)10-16(9-17(11-26)19-22(33)29(14-51(43,44)45)25(36)30(23(19)34)15-52(46,47)48)7-5-3-4-6-8-18-20(31)27(12-49(37,38)39)24(35)28(21(18)32)13-50(40,41)42;;/h3-9,19H,10-15H2,1-2H3,(H,37,38,39)(H,40,41,42)(H,43,44,45)(H,46,47,48);;/q;2*+1/b5-3+,6-4+,16-7-;;. The molecule has 28 heteroatoms. The van der Waals surface area contributed by atoms with E-state index in [4.69, 9.17) is 9.11 Å². The number of imide groups is 4. The van der Waals surface area contributed by atoms with E-state index in [-0.39, 0.29) is 90.7 Å². The largest absolute Gasteiger partial charge is 1.00 e. The number of carbonyl (C=O) groups is 6. The summed E-state index contributed by atoms with van der Waals surface area (Å²) in [6.45, 7) is 3.44. The predicted molar refractivity (Wildman–Crippen MR) is 173 cm³/mol. The van der Waals surface area contributed by atoms with Gasteiger partial charge in [0.15, 0.2) is 23.5 Å². The molecular formula is C26H30N4Na2O18S4+2. The molecule has 2 fully saturated rings. The van der Waals surface area contributed by atoms with Crippen molar-refractivity contribution < 1.29 is 140 Å². The maximum Gasteiger partial charge on any atom is 1.00 e. The summed E-state index contributed by atoms with van der Waals surface area (Å²) < 4.78 is 128. The number of allylic oxidation sites excluding steroid dienone is 8. The second-order valence-corrected chi connectivity index (χ2v) is 17.9. The van der Waals surface area contributed by atoms with Crippen LogP contribution in [0.4, 0.5) is 9.59 Å². The Morgan fingerprint density at radius 2 is 0.944 bits per heavy atom. The summed E-state index contributed by atoms with van der Waals surface area (Å²) in [7, 11) is -20.2. The Kier molecular flexibility index (Phi) is 16.7. The van der Waals surface area contributed by atoms with Crippen molar-refractivity contribution in [2.75, 3.05) is 23.5 Å². The molecule has 3 aliphatic rings. The predicted octanol–water partition coefficient (Wildman–Crippen LogP) is -6.72. The first-order valence-electron chi connectivity index (χ1n) is 14.1. The van der Waals surface area contributed by atoms with E-state index in [2.05, 4.69) is 0 Å². The summed E-state index contributed by atoms with van der Waals surface area (Å²) in [4.78, 5) is 76.8. The van der Waals surface area contributed by atoms with Crippen molar-refractivity contribution in [3.05, 3.63) is 59.3 Å². The van der Waals surface area contributed by atoms with Crippen LogP contribution in [0.2, 0.25) is 0 Å². The fourth-order valence-corrected chi connectivity index (χ4v) is 7.53. The quantitative estimate of drug-likeness (QED) is 0.0354. The second kappa shape index (κ2) is 18.2. The number of urea groups is 2. The molecule has 1 aliphatic carbocycles. The van der Waals surface area contributed by atoms with E-state index in [9.17, 15) is 71.5 Å². The van der Waals surface area contributed by atoms with E-state index in [1.165, 1.54) is 30.4 Å². The minimum atomic E-state index is -5.06. The SMILES string of the molecule is CC1(C)CC(C2C(=O)N(CS(=O)(=O)O)C(=O)N(CS(=O)(=O)O)C2=O)=C/C(=C/C=C/C=C/C=C2C(=O)N(CS(=O)(=O)O)C(=O)N(CS(=O)(=O)O)C2=O)C1.[Na+].[Na+]. The first kappa shape index (κ1) is 49.6. The summed E-state index contributed by atoms with van der Waals surface area (Å²) in [5.74, 6) is -14.3. The van der Waals surface area contributed by atoms with Crippen molar-refractivity contribution in [3.8, 4) is 0 Å². The molecule has 0 aromatic heterocycles. The Hall–Kier alpha value is -2.44. The average Bonchev–Trinajstić information content (AvgIpc) is 2.94. The smallest absolute Gasteiger partial charge is 0.284 e. The first-order chi connectivity index (χ1) is 23.5. The zero-order chi connectivity index (χ0) is 39.8. The Labute approximate surface area is 353 Å². The monoisotopic (exact) mass is 860 g/mol. The molecule has 0 bridgehead atoms. The number of amides is 8. The van der Waals surface area contributed by atoms with Crippen LogP contribution in [-0.4, -0.2) is 131 Å². The Morgan fingerprint density at radius 3 is 1.33 bits per heavy atom. The van der Waals surface area contributed by atoms with E-state index in [1.807, 2.05) is 0 Å². The van der Waals surface area contributed by atoms with E-state index in [1.54, 1.807) is 13.8 Å². The fraction of sp³-hybridized carbons (Fsp3) is 0.385. The van der Waals surface area contributed by atoms with Crippen LogP contribution in [0.3, 0.4) is 0 Å². The third-order valence-corrected chi connectivity index (χ3v) is 9.42. The third kappa shape index (κ3) is 13.6. The minimum absolute atomic E-state index is 0. The van der Waals surface area contributed by atoms with Crippen molar-refractivity contribution >= 4 is 76.2 Å². The van der Waals surface area contributed by atoms with Crippen LogP contribution in [0.5, 0.6) is 0 Å². The number of hydrogen-bond donors (Lipinski definition) is 4. The van der Waals surface area contributed by atoms with Gasteiger partial charge in [-0.15, -0.1) is 0 Å². The number of carbonyl (C=O) groups excluding carboxylic acids is 6. The molecule has 0 saturated carbocycles. The second-order valence-electron chi connectivity index (χ2n) is 12.2. The molecule has 0 radical (unpaired) electrons. The van der Waals surface area contributed by atoms with Crippen molar-refractivity contribution in [1.82, 2.24) is 19.6 Å². The maximum absolute atomic E-state index is 13.3. The van der Waals surface area contributed by atoms with E-state index in [0.717, 1.165) is 12.2 Å².